The van der Waals surface area contributed by atoms with Crippen molar-refractivity contribution in [2.75, 3.05) is 0 Å². The van der Waals surface area contributed by atoms with Crippen LogP contribution in [0.3, 0.4) is 0 Å². The van der Waals surface area contributed by atoms with Gasteiger partial charge in [0.1, 0.15) is 0 Å². The third-order valence-corrected chi connectivity index (χ3v) is 3.76. The predicted molar refractivity (Wildman–Crippen MR) is 59.2 cm³/mol. The Morgan fingerprint density at radius 3 is 2.54 bits per heavy atom. The molecule has 1 unspecified atom stereocenters. The fourth-order valence-corrected chi connectivity index (χ4v) is 3.10. The molecule has 0 spiro atoms. The Morgan fingerprint density at radius 2 is 1.92 bits per heavy atom. The Bertz CT molecular complexity index is 385. The van der Waals surface area contributed by atoms with Gasteiger partial charge in [0.15, 0.2) is 5.78 Å². The fourth-order valence-electron chi connectivity index (χ4n) is 1.81. The maximum absolute atomic E-state index is 11.6. The van der Waals surface area contributed by atoms with Crippen LogP contribution >= 0.6 is 31.9 Å². The van der Waals surface area contributed by atoms with Crippen molar-refractivity contribution in [1.82, 2.24) is 0 Å². The number of halogens is 2. The van der Waals surface area contributed by atoms with Crippen LogP contribution in [0.2, 0.25) is 0 Å². The van der Waals surface area contributed by atoms with Crippen LogP contribution in [-0.4, -0.2) is 5.78 Å². The van der Waals surface area contributed by atoms with E-state index >= 15 is 0 Å². The van der Waals surface area contributed by atoms with Gasteiger partial charge in [-0.2, -0.15) is 0 Å². The second-order valence-electron chi connectivity index (χ2n) is 3.35. The first-order valence-corrected chi connectivity index (χ1v) is 5.71. The number of hydrogen-bond acceptors (Lipinski definition) is 1. The summed E-state index contributed by atoms with van der Waals surface area (Å²) in [7, 11) is 0. The van der Waals surface area contributed by atoms with E-state index in [1.807, 2.05) is 12.1 Å². The summed E-state index contributed by atoms with van der Waals surface area (Å²) in [6.07, 6.45) is 0.635. The molecule has 0 bridgehead atoms. The summed E-state index contributed by atoms with van der Waals surface area (Å²) in [5.74, 6) is 0.588. The van der Waals surface area contributed by atoms with E-state index in [1.54, 1.807) is 0 Å². The molecule has 0 amide bonds. The second-order valence-corrected chi connectivity index (χ2v) is 5.05. The standard InChI is InChI=1S/C10H8Br2O/c1-5-4-8(13)10-7(12)3-2-6(11)9(5)10/h2-3,5H,4H2,1H3. The van der Waals surface area contributed by atoms with Crippen LogP contribution in [-0.2, 0) is 0 Å². The summed E-state index contributed by atoms with van der Waals surface area (Å²) >= 11 is 6.88. The first-order chi connectivity index (χ1) is 6.11. The van der Waals surface area contributed by atoms with Gasteiger partial charge in [0.2, 0.25) is 0 Å². The van der Waals surface area contributed by atoms with Gasteiger partial charge in [-0.15, -0.1) is 0 Å². The predicted octanol–water partition coefficient (Wildman–Crippen LogP) is 3.90. The van der Waals surface area contributed by atoms with E-state index in [4.69, 9.17) is 0 Å². The first kappa shape index (κ1) is 9.41. The van der Waals surface area contributed by atoms with E-state index < -0.39 is 0 Å². The minimum Gasteiger partial charge on any atom is -0.294 e. The number of Topliss-reactive ketones (excluding diaryl/α,β-unsaturated/α-hetero) is 1. The Hall–Kier alpha value is -0.150. The second kappa shape index (κ2) is 3.21. The molecular formula is C10H8Br2O. The highest BCUT2D eigenvalue weighted by atomic mass is 79.9. The molecule has 1 nitrogen and oxygen atoms in total. The summed E-state index contributed by atoms with van der Waals surface area (Å²) in [6, 6.07) is 3.90. The molecule has 0 saturated carbocycles. The molecule has 0 aromatic heterocycles. The number of fused-ring (bicyclic) bond motifs is 1. The van der Waals surface area contributed by atoms with Crippen molar-refractivity contribution in [3.05, 3.63) is 32.2 Å². The molecular weight excluding hydrogens is 296 g/mol. The lowest BCUT2D eigenvalue weighted by Crippen LogP contribution is -1.92. The Morgan fingerprint density at radius 1 is 1.31 bits per heavy atom. The summed E-state index contributed by atoms with van der Waals surface area (Å²) in [5, 5.41) is 0. The van der Waals surface area contributed by atoms with Crippen LogP contribution in [0.25, 0.3) is 0 Å². The molecule has 2 rings (SSSR count). The Kier molecular flexibility index (Phi) is 2.32. The van der Waals surface area contributed by atoms with Gasteiger partial charge in [-0.05, 0) is 23.6 Å². The normalized spacial score (nSPS) is 20.5. The number of rotatable bonds is 0. The summed E-state index contributed by atoms with van der Waals surface area (Å²) in [6.45, 7) is 2.08. The molecule has 0 radical (unpaired) electrons. The van der Waals surface area contributed by atoms with Crippen LogP contribution in [0.5, 0.6) is 0 Å². The van der Waals surface area contributed by atoms with E-state index in [9.17, 15) is 4.79 Å². The average molecular weight is 304 g/mol. The quantitative estimate of drug-likeness (QED) is 0.710. The maximum Gasteiger partial charge on any atom is 0.164 e. The highest BCUT2D eigenvalue weighted by Crippen LogP contribution is 2.41. The third-order valence-electron chi connectivity index (χ3n) is 2.40. The molecule has 0 heterocycles. The van der Waals surface area contributed by atoms with Crippen molar-refractivity contribution >= 4 is 37.6 Å². The third kappa shape index (κ3) is 1.38. The van der Waals surface area contributed by atoms with E-state index in [1.165, 1.54) is 0 Å². The zero-order valence-corrected chi connectivity index (χ0v) is 10.3. The molecule has 1 atom stereocenters. The summed E-state index contributed by atoms with van der Waals surface area (Å²) in [5.41, 5.74) is 2.02. The SMILES string of the molecule is CC1CC(=O)c2c(Br)ccc(Br)c21. The summed E-state index contributed by atoms with van der Waals surface area (Å²) in [4.78, 5) is 11.6. The van der Waals surface area contributed by atoms with Crippen LogP contribution in [0.15, 0.2) is 21.1 Å². The van der Waals surface area contributed by atoms with Gasteiger partial charge < -0.3 is 0 Å². The van der Waals surface area contributed by atoms with Gasteiger partial charge in [0, 0.05) is 20.9 Å². The molecule has 68 valence electrons. The first-order valence-electron chi connectivity index (χ1n) is 4.12. The van der Waals surface area contributed by atoms with Gasteiger partial charge in [0.25, 0.3) is 0 Å². The lowest BCUT2D eigenvalue weighted by atomic mass is 10.0. The van der Waals surface area contributed by atoms with Crippen molar-refractivity contribution in [1.29, 1.82) is 0 Å². The molecule has 1 aromatic rings. The van der Waals surface area contributed by atoms with Crippen molar-refractivity contribution in [2.24, 2.45) is 0 Å². The minimum absolute atomic E-state index is 0.246. The van der Waals surface area contributed by atoms with Gasteiger partial charge in [0.05, 0.1) is 0 Å². The van der Waals surface area contributed by atoms with Crippen LogP contribution in [0.1, 0.15) is 35.2 Å². The number of benzene rings is 1. The van der Waals surface area contributed by atoms with Crippen molar-refractivity contribution < 1.29 is 4.79 Å². The van der Waals surface area contributed by atoms with Gasteiger partial charge >= 0.3 is 0 Å². The van der Waals surface area contributed by atoms with Gasteiger partial charge in [-0.1, -0.05) is 38.8 Å². The molecule has 1 aromatic carbocycles. The molecule has 3 heteroatoms. The molecule has 0 N–H and O–H groups in total. The smallest absolute Gasteiger partial charge is 0.164 e. The van der Waals surface area contributed by atoms with Crippen molar-refractivity contribution in [2.45, 2.75) is 19.3 Å². The van der Waals surface area contributed by atoms with E-state index in [0.29, 0.717) is 12.3 Å². The maximum atomic E-state index is 11.6. The lowest BCUT2D eigenvalue weighted by Gasteiger charge is -2.06. The van der Waals surface area contributed by atoms with Gasteiger partial charge in [-0.3, -0.25) is 4.79 Å². The molecule has 1 aliphatic carbocycles. The van der Waals surface area contributed by atoms with E-state index in [-0.39, 0.29) is 5.78 Å². The molecule has 13 heavy (non-hydrogen) atoms. The highest BCUT2D eigenvalue weighted by Gasteiger charge is 2.29. The number of carbonyl (C=O) groups excluding carboxylic acids is 1. The molecule has 0 fully saturated rings. The van der Waals surface area contributed by atoms with Crippen LogP contribution in [0, 0.1) is 0 Å². The number of hydrogen-bond donors (Lipinski definition) is 0. The number of carbonyl (C=O) groups is 1. The largest absolute Gasteiger partial charge is 0.294 e. The van der Waals surface area contributed by atoms with E-state index in [2.05, 4.69) is 38.8 Å². The molecule has 1 aliphatic rings. The monoisotopic (exact) mass is 302 g/mol. The average Bonchev–Trinajstić information content (AvgIpc) is 2.36. The Balaban J connectivity index is 2.74. The fraction of sp³-hybridized carbons (Fsp3) is 0.300. The Labute approximate surface area is 93.8 Å². The van der Waals surface area contributed by atoms with E-state index in [0.717, 1.165) is 20.1 Å². The van der Waals surface area contributed by atoms with Gasteiger partial charge in [-0.25, -0.2) is 0 Å². The highest BCUT2D eigenvalue weighted by molar-refractivity contribution is 9.11. The zero-order chi connectivity index (χ0) is 9.59. The van der Waals surface area contributed by atoms with Crippen molar-refractivity contribution in [3.63, 3.8) is 0 Å². The zero-order valence-electron chi connectivity index (χ0n) is 7.10. The summed E-state index contributed by atoms with van der Waals surface area (Å²) < 4.78 is 1.96. The molecule has 0 aliphatic heterocycles. The lowest BCUT2D eigenvalue weighted by molar-refractivity contribution is 0.0989. The van der Waals surface area contributed by atoms with Crippen molar-refractivity contribution in [3.8, 4) is 0 Å². The topological polar surface area (TPSA) is 17.1 Å². The molecule has 0 saturated heterocycles. The van der Waals surface area contributed by atoms with Crippen LogP contribution in [0.4, 0.5) is 0 Å². The number of ketones is 1. The minimum atomic E-state index is 0.246. The van der Waals surface area contributed by atoms with Crippen LogP contribution < -0.4 is 0 Å².